The van der Waals surface area contributed by atoms with Crippen LogP contribution in [-0.2, 0) is 24.1 Å². The molecule has 3 aromatic heterocycles. The van der Waals surface area contributed by atoms with E-state index in [2.05, 4.69) is 32.0 Å². The number of amides is 1. The molecule has 2 N–H and O–H groups in total. The van der Waals surface area contributed by atoms with E-state index < -0.39 is 5.63 Å². The Kier molecular flexibility index (Phi) is 4.15. The Bertz CT molecular complexity index is 1290. The minimum atomic E-state index is -0.432. The molecule has 0 aliphatic heterocycles. The summed E-state index contributed by atoms with van der Waals surface area (Å²) in [5, 5.41) is 17.5. The van der Waals surface area contributed by atoms with Gasteiger partial charge in [0.15, 0.2) is 0 Å². The highest BCUT2D eigenvalue weighted by molar-refractivity contribution is 5.97. The summed E-state index contributed by atoms with van der Waals surface area (Å²) in [4.78, 5) is 24.6. The molecule has 148 valence electrons. The quantitative estimate of drug-likeness (QED) is 0.510. The molecule has 3 heterocycles. The molecule has 1 amide bonds. The van der Waals surface area contributed by atoms with Gasteiger partial charge in [-0.2, -0.15) is 5.21 Å². The first-order valence-electron chi connectivity index (χ1n) is 9.64. The largest absolute Gasteiger partial charge is 0.461 e. The van der Waals surface area contributed by atoms with Crippen molar-refractivity contribution >= 4 is 33.8 Å². The van der Waals surface area contributed by atoms with Crippen molar-refractivity contribution in [1.29, 1.82) is 0 Å². The van der Waals surface area contributed by atoms with Crippen LogP contribution in [-0.4, -0.2) is 26.5 Å². The van der Waals surface area contributed by atoms with Gasteiger partial charge in [0.05, 0.1) is 0 Å². The molecule has 9 nitrogen and oxygen atoms in total. The highest BCUT2D eigenvalue weighted by atomic mass is 16.4. The summed E-state index contributed by atoms with van der Waals surface area (Å²) in [6, 6.07) is 3.86. The number of H-pyrrole nitrogens is 1. The molecule has 5 rings (SSSR count). The van der Waals surface area contributed by atoms with Crippen LogP contribution in [0.3, 0.4) is 0 Å². The van der Waals surface area contributed by atoms with Crippen molar-refractivity contribution in [1.82, 2.24) is 20.6 Å². The van der Waals surface area contributed by atoms with Gasteiger partial charge in [0.1, 0.15) is 16.9 Å². The molecule has 0 saturated heterocycles. The van der Waals surface area contributed by atoms with Crippen LogP contribution in [0.4, 0.5) is 5.95 Å². The van der Waals surface area contributed by atoms with Crippen LogP contribution in [0.5, 0.6) is 0 Å². The van der Waals surface area contributed by atoms with E-state index in [-0.39, 0.29) is 24.7 Å². The third-order valence-electron chi connectivity index (χ3n) is 5.56. The van der Waals surface area contributed by atoms with Crippen molar-refractivity contribution in [2.75, 3.05) is 5.32 Å². The highest BCUT2D eigenvalue weighted by Crippen LogP contribution is 2.35. The van der Waals surface area contributed by atoms with Crippen molar-refractivity contribution < 1.29 is 13.6 Å². The normalized spacial score (nSPS) is 13.7. The standard InChI is InChI=1S/C20H19N5O4/c1-10-11(6-7-18(26)21-20-22-24-25-23-20)19(27)29-16-9-17-14(8-13(10)16)12-4-2-3-5-15(12)28-17/h8-9H,2-7H2,1H3,(H2,21,22,23,24,25,26). The first kappa shape index (κ1) is 17.6. The number of aromatic nitrogens is 4. The van der Waals surface area contributed by atoms with Gasteiger partial charge in [0.25, 0.3) is 5.95 Å². The summed E-state index contributed by atoms with van der Waals surface area (Å²) in [6.07, 6.45) is 4.61. The fourth-order valence-electron chi connectivity index (χ4n) is 4.07. The number of aryl methyl sites for hydroxylation is 3. The number of carbonyl (C=O) groups is 1. The van der Waals surface area contributed by atoms with Crippen LogP contribution < -0.4 is 10.9 Å². The molecule has 1 aliphatic carbocycles. The third-order valence-corrected chi connectivity index (χ3v) is 5.56. The van der Waals surface area contributed by atoms with E-state index in [9.17, 15) is 9.59 Å². The fraction of sp³-hybridized carbons (Fsp3) is 0.350. The number of hydrogen-bond donors (Lipinski definition) is 2. The van der Waals surface area contributed by atoms with Gasteiger partial charge in [-0.05, 0) is 49.5 Å². The van der Waals surface area contributed by atoms with Crippen LogP contribution in [0.1, 0.15) is 41.7 Å². The number of aromatic amines is 1. The van der Waals surface area contributed by atoms with Crippen LogP contribution in [0.2, 0.25) is 0 Å². The Balaban J connectivity index is 1.49. The van der Waals surface area contributed by atoms with Crippen LogP contribution in [0.15, 0.2) is 25.8 Å². The van der Waals surface area contributed by atoms with Crippen molar-refractivity contribution in [2.24, 2.45) is 0 Å². The molecule has 0 radical (unpaired) electrons. The number of nitrogens with one attached hydrogen (secondary N) is 2. The number of benzene rings is 1. The van der Waals surface area contributed by atoms with Gasteiger partial charge in [-0.3, -0.25) is 10.1 Å². The zero-order chi connectivity index (χ0) is 20.0. The smallest absolute Gasteiger partial charge is 0.339 e. The highest BCUT2D eigenvalue weighted by Gasteiger charge is 2.20. The molecular formula is C20H19N5O4. The van der Waals surface area contributed by atoms with Gasteiger partial charge in [0.2, 0.25) is 5.91 Å². The number of anilines is 1. The Hall–Kier alpha value is -3.49. The maximum absolute atomic E-state index is 12.5. The zero-order valence-corrected chi connectivity index (χ0v) is 15.9. The average Bonchev–Trinajstić information content (AvgIpc) is 3.33. The number of fused-ring (bicyclic) bond motifs is 4. The second kappa shape index (κ2) is 6.84. The maximum Gasteiger partial charge on any atom is 0.339 e. The first-order chi connectivity index (χ1) is 14.1. The Morgan fingerprint density at radius 3 is 2.83 bits per heavy atom. The predicted molar refractivity (Wildman–Crippen MR) is 105 cm³/mol. The van der Waals surface area contributed by atoms with E-state index in [0.717, 1.165) is 53.4 Å². The van der Waals surface area contributed by atoms with E-state index >= 15 is 0 Å². The van der Waals surface area contributed by atoms with Gasteiger partial charge < -0.3 is 8.83 Å². The summed E-state index contributed by atoms with van der Waals surface area (Å²) < 4.78 is 11.6. The summed E-state index contributed by atoms with van der Waals surface area (Å²) in [7, 11) is 0. The molecule has 29 heavy (non-hydrogen) atoms. The number of furan rings is 1. The molecule has 1 aliphatic rings. The molecule has 0 fully saturated rings. The monoisotopic (exact) mass is 393 g/mol. The first-order valence-corrected chi connectivity index (χ1v) is 9.64. The minimum Gasteiger partial charge on any atom is -0.461 e. The second-order valence-corrected chi connectivity index (χ2v) is 7.33. The predicted octanol–water partition coefficient (Wildman–Crippen LogP) is 2.81. The van der Waals surface area contributed by atoms with Gasteiger partial charge in [-0.1, -0.05) is 5.10 Å². The van der Waals surface area contributed by atoms with Gasteiger partial charge in [-0.15, -0.1) is 5.10 Å². The Morgan fingerprint density at radius 1 is 1.17 bits per heavy atom. The number of tetrazole rings is 1. The summed E-state index contributed by atoms with van der Waals surface area (Å²) in [5.41, 5.74) is 3.43. The molecule has 0 atom stereocenters. The maximum atomic E-state index is 12.5. The fourth-order valence-corrected chi connectivity index (χ4v) is 4.07. The molecule has 1 aromatic carbocycles. The summed E-state index contributed by atoms with van der Waals surface area (Å²) >= 11 is 0. The Morgan fingerprint density at radius 2 is 2.00 bits per heavy atom. The van der Waals surface area contributed by atoms with Gasteiger partial charge >= 0.3 is 5.63 Å². The van der Waals surface area contributed by atoms with E-state index in [1.807, 2.05) is 13.0 Å². The molecule has 4 aromatic rings. The van der Waals surface area contributed by atoms with Crippen LogP contribution in [0, 0.1) is 6.92 Å². The number of nitrogens with zero attached hydrogens (tertiary/aromatic N) is 3. The van der Waals surface area contributed by atoms with Crippen molar-refractivity contribution in [3.63, 3.8) is 0 Å². The lowest BCUT2D eigenvalue weighted by Crippen LogP contribution is -2.17. The molecular weight excluding hydrogens is 374 g/mol. The molecule has 0 bridgehead atoms. The van der Waals surface area contributed by atoms with Gasteiger partial charge in [0, 0.05) is 40.8 Å². The van der Waals surface area contributed by atoms with E-state index in [0.29, 0.717) is 11.1 Å². The lowest BCUT2D eigenvalue weighted by molar-refractivity contribution is -0.116. The molecule has 9 heteroatoms. The SMILES string of the molecule is Cc1c(CCC(=O)Nc2nn[nH]n2)c(=O)oc2cc3oc4c(c3cc12)CCCC4. The van der Waals surface area contributed by atoms with Crippen molar-refractivity contribution in [2.45, 2.75) is 45.4 Å². The second-order valence-electron chi connectivity index (χ2n) is 7.33. The summed E-state index contributed by atoms with van der Waals surface area (Å²) in [5.74, 6) is 0.842. The topological polar surface area (TPSA) is 127 Å². The van der Waals surface area contributed by atoms with E-state index in [1.54, 1.807) is 0 Å². The minimum absolute atomic E-state index is 0.101. The molecule has 0 spiro atoms. The van der Waals surface area contributed by atoms with E-state index in [4.69, 9.17) is 8.83 Å². The Labute approximate surface area is 164 Å². The van der Waals surface area contributed by atoms with Crippen LogP contribution >= 0.6 is 0 Å². The van der Waals surface area contributed by atoms with E-state index in [1.165, 1.54) is 5.56 Å². The number of rotatable bonds is 4. The van der Waals surface area contributed by atoms with Gasteiger partial charge in [-0.25, -0.2) is 4.79 Å². The number of carbonyl (C=O) groups excluding carboxylic acids is 1. The lowest BCUT2D eigenvalue weighted by Gasteiger charge is -2.09. The van der Waals surface area contributed by atoms with Crippen molar-refractivity contribution in [3.05, 3.63) is 45.0 Å². The summed E-state index contributed by atoms with van der Waals surface area (Å²) in [6.45, 7) is 1.89. The lowest BCUT2D eigenvalue weighted by atomic mass is 9.94. The zero-order valence-electron chi connectivity index (χ0n) is 15.9. The number of hydrogen-bond acceptors (Lipinski definition) is 7. The van der Waals surface area contributed by atoms with Crippen LogP contribution in [0.25, 0.3) is 21.9 Å². The van der Waals surface area contributed by atoms with Crippen molar-refractivity contribution in [3.8, 4) is 0 Å². The molecule has 0 unspecified atom stereocenters. The molecule has 0 saturated carbocycles. The third kappa shape index (κ3) is 3.08. The average molecular weight is 393 g/mol.